The molecule has 2 aliphatic rings. The molecule has 2 N–H and O–H groups in total. The van der Waals surface area contributed by atoms with E-state index in [4.69, 9.17) is 47.0 Å². The molecule has 0 aliphatic carbocycles. The zero-order valence-electron chi connectivity index (χ0n) is 40.2. The standard InChI is InChI=1S/C25H30FO9P.C13H22FO9P.12H2S/c1-16-17(2)24(31-19(4)28)25(32-23(16)22(26)15-30-18(3)27)35-36(29,33-20-11-7-5-8-12-20)34-21-13-9-6-10-14-21;1-6-7(2)12(21-9(4)16)13(23-24(17,18)19)22-11(6)10(14)5-20-8(3)15;;;;;;;;;;;;/h5-14,16-17,22-25H,15H2,1-4H3;6-7,10-13H,5H2,1-4H3,(H2,17,18,19);12*1H2/t16-,17-,22-,23?,24?,25-;6-,7-,10-,11?,12?,13-;;;;;;;;;;;;/m00............/s1. The van der Waals surface area contributed by atoms with Gasteiger partial charge < -0.3 is 47.3 Å². The van der Waals surface area contributed by atoms with Gasteiger partial charge in [-0.2, -0.15) is 162 Å². The highest BCUT2D eigenvalue weighted by molar-refractivity contribution is 7.60. The Morgan fingerprint density at radius 2 is 0.806 bits per heavy atom. The molecular weight excluding hydrogens is 1230 g/mol. The van der Waals surface area contributed by atoms with Gasteiger partial charge in [0.05, 0.1) is 12.2 Å². The van der Waals surface area contributed by atoms with Gasteiger partial charge in [0, 0.05) is 39.5 Å². The molecule has 2 aromatic rings. The van der Waals surface area contributed by atoms with Crippen molar-refractivity contribution in [2.24, 2.45) is 23.7 Å². The first-order valence-electron chi connectivity index (χ1n) is 18.7. The molecule has 0 saturated carbocycles. The van der Waals surface area contributed by atoms with Gasteiger partial charge in [-0.3, -0.25) is 23.7 Å². The number of ether oxygens (including phenoxy) is 6. The first kappa shape index (κ1) is 94.6. The van der Waals surface area contributed by atoms with Gasteiger partial charge in [-0.1, -0.05) is 64.1 Å². The number of phosphoric ester groups is 2. The van der Waals surface area contributed by atoms with Crippen molar-refractivity contribution in [3.63, 3.8) is 0 Å². The van der Waals surface area contributed by atoms with Crippen molar-refractivity contribution in [2.45, 2.75) is 105 Å². The number of carbonyl (C=O) groups is 4. The summed E-state index contributed by atoms with van der Waals surface area (Å²) >= 11 is 0. The fourth-order valence-electron chi connectivity index (χ4n) is 6.24. The lowest BCUT2D eigenvalue weighted by Crippen LogP contribution is -2.55. The number of rotatable bonds is 16. The largest absolute Gasteiger partial charge is 0.590 e. The number of phosphoric acid groups is 2. The molecule has 0 spiro atoms. The molecule has 72 heavy (non-hydrogen) atoms. The summed E-state index contributed by atoms with van der Waals surface area (Å²) in [5.41, 5.74) is 0. The third kappa shape index (κ3) is 32.2. The van der Waals surface area contributed by atoms with E-state index in [-0.39, 0.29) is 173 Å². The first-order valence-corrected chi connectivity index (χ1v) is 21.7. The third-order valence-corrected chi connectivity index (χ3v) is 11.3. The number of carbonyl (C=O) groups excluding carboxylic acids is 4. The molecule has 0 aromatic heterocycles. The number of hydrogen-bond donors (Lipinski definition) is 2. The van der Waals surface area contributed by atoms with Crippen molar-refractivity contribution in [3.8, 4) is 11.5 Å². The van der Waals surface area contributed by atoms with E-state index in [1.54, 1.807) is 88.4 Å². The molecule has 2 heterocycles. The molecule has 0 bridgehead atoms. The number of hydrogen-bond acceptors (Lipinski definition) is 16. The van der Waals surface area contributed by atoms with E-state index in [0.29, 0.717) is 0 Å². The summed E-state index contributed by atoms with van der Waals surface area (Å²) in [6.07, 6.45) is -11.1. The third-order valence-electron chi connectivity index (χ3n) is 9.45. The minimum atomic E-state index is -4.97. The number of halogens is 2. The zero-order chi connectivity index (χ0) is 44.9. The Bertz CT molecular complexity index is 1800. The van der Waals surface area contributed by atoms with Gasteiger partial charge in [-0.05, 0) is 36.1 Å². The minimum absolute atomic E-state index is 0. The molecular formula is C38H76F2O18P2S12. The van der Waals surface area contributed by atoms with E-state index in [2.05, 4.69) is 9.26 Å². The Kier molecular flexibility index (Phi) is 59.3. The Morgan fingerprint density at radius 1 is 0.514 bits per heavy atom. The van der Waals surface area contributed by atoms with E-state index < -0.39 is 126 Å². The van der Waals surface area contributed by atoms with Gasteiger partial charge in [-0.15, -0.1) is 0 Å². The van der Waals surface area contributed by atoms with Crippen LogP contribution >= 0.6 is 178 Å². The second-order valence-corrected chi connectivity index (χ2v) is 16.8. The van der Waals surface area contributed by atoms with Crippen LogP contribution in [-0.4, -0.2) is 96.2 Å². The smallest absolute Gasteiger partial charge is 0.463 e. The van der Waals surface area contributed by atoms with Crippen molar-refractivity contribution in [1.82, 2.24) is 0 Å². The van der Waals surface area contributed by atoms with Crippen LogP contribution in [0.4, 0.5) is 8.78 Å². The van der Waals surface area contributed by atoms with Crippen LogP contribution in [0, 0.1) is 23.7 Å². The maximum atomic E-state index is 15.1. The molecule has 2 saturated heterocycles. The summed E-state index contributed by atoms with van der Waals surface area (Å²) in [6, 6.07) is 16.4. The van der Waals surface area contributed by atoms with Gasteiger partial charge in [0.25, 0.3) is 0 Å². The molecule has 12 atom stereocenters. The van der Waals surface area contributed by atoms with Gasteiger partial charge in [0.1, 0.15) is 24.7 Å². The van der Waals surface area contributed by atoms with Crippen molar-refractivity contribution in [2.75, 3.05) is 13.2 Å². The van der Waals surface area contributed by atoms with Crippen LogP contribution in [-0.2, 0) is 65.8 Å². The molecule has 18 nitrogen and oxygen atoms in total. The van der Waals surface area contributed by atoms with Crippen LogP contribution in [0.5, 0.6) is 11.5 Å². The van der Waals surface area contributed by atoms with E-state index >= 15 is 4.39 Å². The van der Waals surface area contributed by atoms with Crippen molar-refractivity contribution < 1.29 is 93.4 Å². The van der Waals surface area contributed by atoms with Crippen LogP contribution < -0.4 is 9.05 Å². The normalized spacial score (nSPS) is 23.1. The molecule has 2 aliphatic heterocycles. The van der Waals surface area contributed by atoms with Crippen LogP contribution in [0.3, 0.4) is 0 Å². The predicted molar refractivity (Wildman–Crippen MR) is 329 cm³/mol. The number of alkyl halides is 2. The van der Waals surface area contributed by atoms with E-state index in [0.717, 1.165) is 13.8 Å². The van der Waals surface area contributed by atoms with Crippen molar-refractivity contribution in [3.05, 3.63) is 60.7 Å². The van der Waals surface area contributed by atoms with Crippen LogP contribution in [0.1, 0.15) is 55.4 Å². The summed E-state index contributed by atoms with van der Waals surface area (Å²) in [5.74, 6) is -4.27. The Balaban J connectivity index is -0.000000121. The molecule has 4 rings (SSSR count). The molecule has 432 valence electrons. The summed E-state index contributed by atoms with van der Waals surface area (Å²) < 4.78 is 107. The number of esters is 4. The monoisotopic (exact) mass is 1300 g/mol. The summed E-state index contributed by atoms with van der Waals surface area (Å²) in [7, 11) is -9.44. The van der Waals surface area contributed by atoms with Crippen molar-refractivity contribution in [1.29, 1.82) is 0 Å². The average molecular weight is 1310 g/mol. The minimum Gasteiger partial charge on any atom is -0.463 e. The predicted octanol–water partition coefficient (Wildman–Crippen LogP) is 7.38. The fourth-order valence-corrected chi connectivity index (χ4v) is 7.99. The Hall–Kier alpha value is 0.200. The topological polar surface area (TPSA) is 235 Å². The van der Waals surface area contributed by atoms with E-state index in [1.165, 1.54) is 13.8 Å². The summed E-state index contributed by atoms with van der Waals surface area (Å²) in [6.45, 7) is 10.2. The SMILES string of the molecule is CC(=O)OC[C@H](F)C1O[C@@H](OP(=O)(O)O)C(OC(C)=O)[C@@H](C)[C@@H]1C.CC(=O)OC[C@H](F)C1O[C@@H](OP(=O)(Oc2ccccc2)Oc2ccccc2)C(OC(C)=O)[C@@H](C)[C@@H]1C.S.S.S.S.S.S.S.S.S.S.S.S. The highest BCUT2D eigenvalue weighted by Crippen LogP contribution is 2.53. The molecule has 2 fully saturated rings. The summed E-state index contributed by atoms with van der Waals surface area (Å²) in [4.78, 5) is 63.0. The lowest BCUT2D eigenvalue weighted by Gasteiger charge is -2.44. The van der Waals surface area contributed by atoms with Crippen molar-refractivity contribution >= 4 is 201 Å². The highest BCUT2D eigenvalue weighted by Gasteiger charge is 2.52. The second-order valence-electron chi connectivity index (χ2n) is 14.1. The van der Waals surface area contributed by atoms with E-state index in [1.807, 2.05) is 0 Å². The van der Waals surface area contributed by atoms with Crippen LogP contribution in [0.2, 0.25) is 0 Å². The van der Waals surface area contributed by atoms with Gasteiger partial charge >= 0.3 is 39.5 Å². The van der Waals surface area contributed by atoms with Crippen LogP contribution in [0.15, 0.2) is 60.7 Å². The van der Waals surface area contributed by atoms with Gasteiger partial charge in [-0.25, -0.2) is 22.4 Å². The molecule has 0 radical (unpaired) electrons. The summed E-state index contributed by atoms with van der Waals surface area (Å²) in [5, 5.41) is 0. The van der Waals surface area contributed by atoms with Gasteiger partial charge in [0.2, 0.25) is 12.6 Å². The van der Waals surface area contributed by atoms with E-state index in [9.17, 15) is 32.7 Å². The van der Waals surface area contributed by atoms with Gasteiger partial charge in [0.15, 0.2) is 24.6 Å². The zero-order valence-corrected chi connectivity index (χ0v) is 54.0. The second kappa shape index (κ2) is 45.1. The quantitative estimate of drug-likeness (QED) is 0.0947. The average Bonchev–Trinajstić information content (AvgIpc) is 3.15. The Labute approximate surface area is 504 Å². The first-order chi connectivity index (χ1) is 28.0. The lowest BCUT2D eigenvalue weighted by atomic mass is 9.82. The number of benzene rings is 2. The fraction of sp³-hybridized carbons (Fsp3) is 0.579. The number of para-hydroxylation sites is 2. The van der Waals surface area contributed by atoms with Crippen LogP contribution in [0.25, 0.3) is 0 Å². The molecule has 34 heteroatoms. The molecule has 4 unspecified atom stereocenters. The lowest BCUT2D eigenvalue weighted by molar-refractivity contribution is -0.263. The molecule has 2 aromatic carbocycles. The maximum Gasteiger partial charge on any atom is 0.590 e. The highest BCUT2D eigenvalue weighted by atomic mass is 32.1. The Morgan fingerprint density at radius 3 is 1.07 bits per heavy atom. The molecule has 0 amide bonds. The maximum absolute atomic E-state index is 15.1.